The summed E-state index contributed by atoms with van der Waals surface area (Å²) in [7, 11) is 5.84. The number of hydrogen-bond acceptors (Lipinski definition) is 2. The van der Waals surface area contributed by atoms with E-state index in [1.54, 1.807) is 7.11 Å². The van der Waals surface area contributed by atoms with Crippen molar-refractivity contribution in [1.29, 1.82) is 0 Å². The van der Waals surface area contributed by atoms with E-state index in [0.717, 1.165) is 18.7 Å². The van der Waals surface area contributed by atoms with Crippen LogP contribution in [0.25, 0.3) is 10.9 Å². The van der Waals surface area contributed by atoms with Gasteiger partial charge in [-0.15, -0.1) is 6.42 Å². The molecule has 0 bridgehead atoms. The van der Waals surface area contributed by atoms with E-state index in [0.29, 0.717) is 6.54 Å². The number of benzene rings is 1. The Morgan fingerprint density at radius 1 is 1.37 bits per heavy atom. The second kappa shape index (κ2) is 5.81. The summed E-state index contributed by atoms with van der Waals surface area (Å²) in [6, 6.07) is 8.39. The van der Waals surface area contributed by atoms with Crippen molar-refractivity contribution in [3.8, 4) is 18.1 Å². The first kappa shape index (κ1) is 13.5. The summed E-state index contributed by atoms with van der Waals surface area (Å²) in [5.74, 6) is 3.56. The molecule has 19 heavy (non-hydrogen) atoms. The summed E-state index contributed by atoms with van der Waals surface area (Å²) in [5, 5.41) is 1.22. The molecule has 0 aliphatic carbocycles. The number of aryl methyl sites for hydroxylation is 1. The average molecular weight is 256 g/mol. The largest absolute Gasteiger partial charge is 0.497 e. The van der Waals surface area contributed by atoms with Crippen LogP contribution in [0.1, 0.15) is 5.69 Å². The molecule has 100 valence electrons. The van der Waals surface area contributed by atoms with Crippen molar-refractivity contribution in [2.75, 3.05) is 27.2 Å². The van der Waals surface area contributed by atoms with Gasteiger partial charge in [0.25, 0.3) is 0 Å². The molecule has 0 aliphatic heterocycles. The number of likely N-dealkylation sites (N-methyl/N-ethyl adjacent to an activating group) is 1. The molecular formula is C16H20N2O. The van der Waals surface area contributed by atoms with E-state index in [1.165, 1.54) is 16.6 Å². The molecule has 3 heteroatoms. The van der Waals surface area contributed by atoms with E-state index in [-0.39, 0.29) is 0 Å². The zero-order valence-corrected chi connectivity index (χ0v) is 11.8. The van der Waals surface area contributed by atoms with Crippen LogP contribution in [0.15, 0.2) is 24.3 Å². The van der Waals surface area contributed by atoms with Gasteiger partial charge in [-0.3, -0.25) is 4.90 Å². The minimum atomic E-state index is 0.692. The molecule has 0 fully saturated rings. The Morgan fingerprint density at radius 2 is 2.16 bits per heavy atom. The molecule has 3 nitrogen and oxygen atoms in total. The van der Waals surface area contributed by atoms with Gasteiger partial charge in [-0.25, -0.2) is 0 Å². The molecule has 0 saturated carbocycles. The third-order valence-corrected chi connectivity index (χ3v) is 3.46. The molecule has 0 atom stereocenters. The molecule has 0 aliphatic rings. The highest BCUT2D eigenvalue weighted by Crippen LogP contribution is 2.24. The Balaban J connectivity index is 2.20. The lowest BCUT2D eigenvalue weighted by atomic mass is 10.2. The summed E-state index contributed by atoms with van der Waals surface area (Å²) in [4.78, 5) is 2.15. The van der Waals surface area contributed by atoms with Crippen LogP contribution in [0.2, 0.25) is 0 Å². The highest BCUT2D eigenvalue weighted by atomic mass is 16.5. The van der Waals surface area contributed by atoms with Crippen LogP contribution in [-0.2, 0) is 13.5 Å². The Kier molecular flexibility index (Phi) is 4.13. The summed E-state index contributed by atoms with van der Waals surface area (Å²) in [5.41, 5.74) is 2.54. The minimum absolute atomic E-state index is 0.692. The maximum absolute atomic E-state index is 5.31. The summed E-state index contributed by atoms with van der Waals surface area (Å²) >= 11 is 0. The zero-order chi connectivity index (χ0) is 13.8. The molecule has 2 aromatic rings. The van der Waals surface area contributed by atoms with Crippen molar-refractivity contribution >= 4 is 10.9 Å². The lowest BCUT2D eigenvalue weighted by Crippen LogP contribution is -2.22. The van der Waals surface area contributed by atoms with Crippen molar-refractivity contribution in [2.45, 2.75) is 6.42 Å². The fraction of sp³-hybridized carbons (Fsp3) is 0.375. The van der Waals surface area contributed by atoms with Crippen LogP contribution in [-0.4, -0.2) is 36.7 Å². The lowest BCUT2D eigenvalue weighted by molar-refractivity contribution is 0.378. The predicted octanol–water partition coefficient (Wildman–Crippen LogP) is 2.29. The standard InChI is InChI=1S/C16H20N2O/c1-5-9-17(2)10-8-14-11-13-12-15(19-4)6-7-16(13)18(14)3/h1,6-7,11-12H,8-10H2,2-4H3. The number of terminal acetylenes is 1. The first-order valence-electron chi connectivity index (χ1n) is 6.40. The second-order valence-corrected chi connectivity index (χ2v) is 4.81. The van der Waals surface area contributed by atoms with Gasteiger partial charge in [0.05, 0.1) is 13.7 Å². The topological polar surface area (TPSA) is 17.4 Å². The van der Waals surface area contributed by atoms with Gasteiger partial charge in [0.2, 0.25) is 0 Å². The van der Waals surface area contributed by atoms with Crippen LogP contribution in [0.4, 0.5) is 0 Å². The SMILES string of the molecule is C#CCN(C)CCc1cc2cc(OC)ccc2n1C. The van der Waals surface area contributed by atoms with Crippen molar-refractivity contribution in [3.63, 3.8) is 0 Å². The average Bonchev–Trinajstić information content (AvgIpc) is 2.73. The lowest BCUT2D eigenvalue weighted by Gasteiger charge is -2.13. The molecule has 0 unspecified atom stereocenters. The second-order valence-electron chi connectivity index (χ2n) is 4.81. The van der Waals surface area contributed by atoms with E-state index < -0.39 is 0 Å². The van der Waals surface area contributed by atoms with Crippen molar-refractivity contribution in [1.82, 2.24) is 9.47 Å². The van der Waals surface area contributed by atoms with Gasteiger partial charge in [0.1, 0.15) is 5.75 Å². The fourth-order valence-corrected chi connectivity index (χ4v) is 2.29. The fourth-order valence-electron chi connectivity index (χ4n) is 2.29. The van der Waals surface area contributed by atoms with Gasteiger partial charge in [-0.1, -0.05) is 5.92 Å². The summed E-state index contributed by atoms with van der Waals surface area (Å²) < 4.78 is 7.50. The molecule has 2 rings (SSSR count). The van der Waals surface area contributed by atoms with Gasteiger partial charge < -0.3 is 9.30 Å². The minimum Gasteiger partial charge on any atom is -0.497 e. The van der Waals surface area contributed by atoms with Gasteiger partial charge in [-0.2, -0.15) is 0 Å². The van der Waals surface area contributed by atoms with Crippen molar-refractivity contribution in [2.24, 2.45) is 7.05 Å². The van der Waals surface area contributed by atoms with Crippen LogP contribution in [0.3, 0.4) is 0 Å². The van der Waals surface area contributed by atoms with Crippen molar-refractivity contribution in [3.05, 3.63) is 30.0 Å². The van der Waals surface area contributed by atoms with Gasteiger partial charge in [-0.05, 0) is 31.3 Å². The van der Waals surface area contributed by atoms with Crippen molar-refractivity contribution < 1.29 is 4.74 Å². The van der Waals surface area contributed by atoms with Gasteiger partial charge >= 0.3 is 0 Å². The Hall–Kier alpha value is -1.92. The third-order valence-electron chi connectivity index (χ3n) is 3.46. The van der Waals surface area contributed by atoms with E-state index >= 15 is 0 Å². The quantitative estimate of drug-likeness (QED) is 0.764. The summed E-state index contributed by atoms with van der Waals surface area (Å²) in [6.07, 6.45) is 6.30. The molecule has 1 heterocycles. The maximum atomic E-state index is 5.31. The highest BCUT2D eigenvalue weighted by molar-refractivity contribution is 5.82. The predicted molar refractivity (Wildman–Crippen MR) is 79.5 cm³/mol. The van der Waals surface area contributed by atoms with E-state index in [9.17, 15) is 0 Å². The Morgan fingerprint density at radius 3 is 2.84 bits per heavy atom. The smallest absolute Gasteiger partial charge is 0.119 e. The van der Waals surface area contributed by atoms with Gasteiger partial charge in [0.15, 0.2) is 0 Å². The number of ether oxygens (including phenoxy) is 1. The first-order chi connectivity index (χ1) is 9.15. The molecule has 0 radical (unpaired) electrons. The van der Waals surface area contributed by atoms with Crippen LogP contribution in [0.5, 0.6) is 5.75 Å². The van der Waals surface area contributed by atoms with E-state index in [2.05, 4.69) is 40.6 Å². The number of methoxy groups -OCH3 is 1. The monoisotopic (exact) mass is 256 g/mol. The number of nitrogens with zero attached hydrogens (tertiary/aromatic N) is 2. The molecular weight excluding hydrogens is 236 g/mol. The molecule has 0 amide bonds. The third kappa shape index (κ3) is 2.91. The van der Waals surface area contributed by atoms with E-state index in [4.69, 9.17) is 11.2 Å². The first-order valence-corrected chi connectivity index (χ1v) is 6.40. The molecule has 0 spiro atoms. The zero-order valence-electron chi connectivity index (χ0n) is 11.8. The molecule has 1 aromatic carbocycles. The summed E-state index contributed by atoms with van der Waals surface area (Å²) in [6.45, 7) is 1.66. The number of rotatable bonds is 5. The Bertz CT molecular complexity index is 607. The molecule has 0 saturated heterocycles. The Labute approximate surface area is 114 Å². The van der Waals surface area contributed by atoms with Crippen LogP contribution < -0.4 is 4.74 Å². The molecule has 0 N–H and O–H groups in total. The number of aromatic nitrogens is 1. The number of fused-ring (bicyclic) bond motifs is 1. The van der Waals surface area contributed by atoms with E-state index in [1.807, 2.05) is 13.1 Å². The molecule has 1 aromatic heterocycles. The van der Waals surface area contributed by atoms with Gasteiger partial charge in [0, 0.05) is 36.6 Å². The normalized spacial score (nSPS) is 10.9. The van der Waals surface area contributed by atoms with Crippen LogP contribution >= 0.6 is 0 Å². The maximum Gasteiger partial charge on any atom is 0.119 e. The highest BCUT2D eigenvalue weighted by Gasteiger charge is 2.07. The number of hydrogen-bond donors (Lipinski definition) is 0. The van der Waals surface area contributed by atoms with Crippen LogP contribution in [0, 0.1) is 12.3 Å².